The average molecular weight is 1110 g/mol. The summed E-state index contributed by atoms with van der Waals surface area (Å²) in [5, 5.41) is 58.1. The number of hydrogen-bond donors (Lipinski definition) is 6. The number of nitriles is 2. The van der Waals surface area contributed by atoms with Gasteiger partial charge in [-0.3, -0.25) is 28.8 Å². The quantitative estimate of drug-likeness (QED) is 0.0653. The van der Waals surface area contributed by atoms with Gasteiger partial charge in [0.05, 0.1) is 41.5 Å². The van der Waals surface area contributed by atoms with E-state index in [2.05, 4.69) is 26.2 Å². The third kappa shape index (κ3) is 14.8. The second-order valence-corrected chi connectivity index (χ2v) is 21.5. The van der Waals surface area contributed by atoms with Crippen LogP contribution in [0.2, 0.25) is 0 Å². The number of carboxylic acids is 1. The molecular formula is C52H73N11O16. The largest absolute Gasteiger partial charge is 0.481 e. The van der Waals surface area contributed by atoms with Gasteiger partial charge in [0.2, 0.25) is 11.2 Å². The van der Waals surface area contributed by atoms with Crippen LogP contribution in [0.5, 0.6) is 0 Å². The Morgan fingerprint density at radius 1 is 0.696 bits per heavy atom. The number of nitrogens with two attached hydrogens (primary N) is 3. The van der Waals surface area contributed by atoms with Crippen LogP contribution < -0.4 is 17.2 Å². The molecule has 2 aliphatic heterocycles. The number of aliphatic hydroxyl groups is 2. The van der Waals surface area contributed by atoms with Crippen molar-refractivity contribution in [3.8, 4) is 12.1 Å². The molecule has 432 valence electrons. The van der Waals surface area contributed by atoms with Crippen LogP contribution in [-0.4, -0.2) is 142 Å². The molecule has 6 heterocycles. The van der Waals surface area contributed by atoms with Gasteiger partial charge in [0.25, 0.3) is 0 Å². The summed E-state index contributed by atoms with van der Waals surface area (Å²) in [6.07, 6.45) is -6.16. The van der Waals surface area contributed by atoms with Crippen LogP contribution in [0.3, 0.4) is 0 Å². The molecule has 0 aliphatic carbocycles. The van der Waals surface area contributed by atoms with E-state index in [-0.39, 0.29) is 47.2 Å². The average Bonchev–Trinajstić information content (AvgIpc) is 4.37. The Bertz CT molecular complexity index is 2900. The number of esters is 5. The van der Waals surface area contributed by atoms with E-state index in [9.17, 15) is 49.5 Å². The Kier molecular flexibility index (Phi) is 21.4. The zero-order chi connectivity index (χ0) is 59.6. The first-order chi connectivity index (χ1) is 36.8. The van der Waals surface area contributed by atoms with E-state index in [0.717, 1.165) is 0 Å². The standard InChI is InChI=1S/C25H34N6O7.C23H31N5O7.C4H8O2/c1-12(2)18(27)24(34)35-9-16-19(36-22(32)13(3)4)20(37-23(33)14(5)6)25(10-26,38-16)17-8-7-15-21(28)29-11-30-31(15)17;1-12(2)13(8-17(29)35-22(3,4)5)21(32)33-9-15-18(30)19(31)23(10-24,34-15)16-7-6-14-20(25)26-11-27-28(14)16;1-3(2)4(5)6/h7-8,11-14,16,18-20H,9,27H2,1-6H3,(H2,28,29,30);6-7,11-13,15,18-19,30-31H,8-9H2,1-5H3,(H2,25,26,27);3H,1-2H3,(H,5,6)/t16-,18+,19-,20-,25+;13-,15+,18+,19+,23-;/m10./s1. The van der Waals surface area contributed by atoms with E-state index in [1.54, 1.807) is 102 Å². The molecule has 0 bridgehead atoms. The van der Waals surface area contributed by atoms with Crippen LogP contribution in [0.1, 0.15) is 108 Å². The van der Waals surface area contributed by atoms with Crippen LogP contribution >= 0.6 is 0 Å². The molecule has 2 fully saturated rings. The van der Waals surface area contributed by atoms with Gasteiger partial charge in [0, 0.05) is 0 Å². The minimum atomic E-state index is -2.02. The molecule has 6 rings (SSSR count). The zero-order valence-electron chi connectivity index (χ0n) is 46.5. The predicted octanol–water partition coefficient (Wildman–Crippen LogP) is 2.52. The van der Waals surface area contributed by atoms with Crippen LogP contribution in [0, 0.1) is 58.2 Å². The lowest BCUT2D eigenvalue weighted by Gasteiger charge is -2.29. The fourth-order valence-corrected chi connectivity index (χ4v) is 7.84. The van der Waals surface area contributed by atoms with E-state index in [4.69, 9.17) is 55.5 Å². The number of ether oxygens (including phenoxy) is 7. The number of anilines is 2. The summed E-state index contributed by atoms with van der Waals surface area (Å²) in [5.74, 6) is -6.21. The predicted molar refractivity (Wildman–Crippen MR) is 277 cm³/mol. The van der Waals surface area contributed by atoms with Crippen molar-refractivity contribution >= 4 is 58.5 Å². The first-order valence-corrected chi connectivity index (χ1v) is 25.4. The third-order valence-electron chi connectivity index (χ3n) is 12.5. The van der Waals surface area contributed by atoms with Gasteiger partial charge >= 0.3 is 35.8 Å². The van der Waals surface area contributed by atoms with Crippen LogP contribution in [0.15, 0.2) is 36.9 Å². The van der Waals surface area contributed by atoms with Crippen LogP contribution in [0.25, 0.3) is 11.0 Å². The second kappa shape index (κ2) is 26.4. The van der Waals surface area contributed by atoms with Crippen LogP contribution in [0.4, 0.5) is 11.6 Å². The molecule has 4 aromatic heterocycles. The number of aliphatic hydroxyl groups excluding tert-OH is 2. The number of nitrogens with zero attached hydrogens (tertiary/aromatic N) is 8. The van der Waals surface area contributed by atoms with Gasteiger partial charge in [0.15, 0.2) is 23.8 Å². The molecule has 2 aliphatic rings. The number of aromatic nitrogens is 6. The highest BCUT2D eigenvalue weighted by molar-refractivity contribution is 5.80. The number of aliphatic carboxylic acids is 1. The summed E-state index contributed by atoms with van der Waals surface area (Å²) in [5.41, 5.74) is 14.1. The number of fused-ring (bicyclic) bond motifs is 2. The number of carbonyl (C=O) groups excluding carboxylic acids is 5. The van der Waals surface area contributed by atoms with Crippen molar-refractivity contribution in [2.24, 2.45) is 41.2 Å². The molecule has 0 spiro atoms. The molecule has 0 amide bonds. The minimum absolute atomic E-state index is 0.134. The Balaban J connectivity index is 0.000000309. The highest BCUT2D eigenvalue weighted by Crippen LogP contribution is 2.45. The lowest BCUT2D eigenvalue weighted by Crippen LogP contribution is -2.47. The SMILES string of the molecule is CC(C)C(=O)O.CC(C)C(=O)O[C@H]1[C@@H](OC(=O)C(C)C)[C@](C#N)(c2ccc3c(N)ncnn23)O[C@@H]1COC(=O)[C@@H](N)C(C)C.CC(C)[C@H](CC(=O)OC(C)(C)C)C(=O)OC[C@H]1O[C@@](C#N)(c2ccc3c(N)ncnn23)[C@H](O)[C@@H]1O. The van der Waals surface area contributed by atoms with Crippen molar-refractivity contribution in [3.63, 3.8) is 0 Å². The highest BCUT2D eigenvalue weighted by atomic mass is 16.7. The third-order valence-corrected chi connectivity index (χ3v) is 12.5. The summed E-state index contributed by atoms with van der Waals surface area (Å²) < 4.78 is 42.2. The van der Waals surface area contributed by atoms with Crippen molar-refractivity contribution < 1.29 is 77.2 Å². The minimum Gasteiger partial charge on any atom is -0.481 e. The topological polar surface area (TPSA) is 414 Å². The van der Waals surface area contributed by atoms with Crippen molar-refractivity contribution in [2.75, 3.05) is 24.7 Å². The van der Waals surface area contributed by atoms with E-state index in [1.807, 2.05) is 6.07 Å². The fraction of sp³-hybridized carbons (Fsp3) is 0.615. The summed E-state index contributed by atoms with van der Waals surface area (Å²) in [7, 11) is 0. The number of nitrogen functional groups attached to an aromatic ring is 2. The molecule has 0 radical (unpaired) electrons. The lowest BCUT2D eigenvalue weighted by atomic mass is 9.91. The number of carbonyl (C=O) groups is 6. The van der Waals surface area contributed by atoms with Crippen molar-refractivity contribution in [1.82, 2.24) is 29.2 Å². The number of hydrogen-bond acceptors (Lipinski definition) is 24. The van der Waals surface area contributed by atoms with Gasteiger partial charge in [-0.05, 0) is 56.9 Å². The molecule has 0 unspecified atom stereocenters. The molecule has 9 N–H and O–H groups in total. The van der Waals surface area contributed by atoms with Gasteiger partial charge in [-0.1, -0.05) is 69.2 Å². The Morgan fingerprint density at radius 3 is 1.59 bits per heavy atom. The van der Waals surface area contributed by atoms with Crippen molar-refractivity contribution in [2.45, 2.75) is 156 Å². The lowest BCUT2D eigenvalue weighted by molar-refractivity contribution is -0.173. The van der Waals surface area contributed by atoms with Gasteiger partial charge < -0.3 is 65.7 Å². The fourth-order valence-electron chi connectivity index (χ4n) is 7.84. The van der Waals surface area contributed by atoms with Gasteiger partial charge in [-0.2, -0.15) is 20.7 Å². The van der Waals surface area contributed by atoms with E-state index >= 15 is 0 Å². The number of carboxylic acid groups (broad SMARTS) is 1. The zero-order valence-corrected chi connectivity index (χ0v) is 46.5. The van der Waals surface area contributed by atoms with Gasteiger partial charge in [0.1, 0.15) is 85.1 Å². The second-order valence-electron chi connectivity index (χ2n) is 21.5. The van der Waals surface area contributed by atoms with Crippen molar-refractivity contribution in [1.29, 1.82) is 10.5 Å². The Labute approximate surface area is 456 Å². The molecule has 79 heavy (non-hydrogen) atoms. The molecule has 0 saturated carbocycles. The smallest absolute Gasteiger partial charge is 0.323 e. The maximum atomic E-state index is 12.8. The normalized spacial score (nSPS) is 23.5. The Morgan fingerprint density at radius 2 is 1.15 bits per heavy atom. The summed E-state index contributed by atoms with van der Waals surface area (Å²) in [6, 6.07) is 9.28. The summed E-state index contributed by atoms with van der Waals surface area (Å²) in [4.78, 5) is 80.6. The number of rotatable bonds is 17. The van der Waals surface area contributed by atoms with E-state index < -0.39 is 126 Å². The Hall–Kier alpha value is -7.56. The van der Waals surface area contributed by atoms with Gasteiger partial charge in [-0.15, -0.1) is 0 Å². The van der Waals surface area contributed by atoms with Crippen LogP contribution in [-0.2, 0) is 73.1 Å². The summed E-state index contributed by atoms with van der Waals surface area (Å²) in [6.45, 7) is 21.2. The van der Waals surface area contributed by atoms with E-state index in [1.165, 1.54) is 33.8 Å². The first-order valence-electron chi connectivity index (χ1n) is 25.4. The first kappa shape index (κ1) is 64.0. The summed E-state index contributed by atoms with van der Waals surface area (Å²) >= 11 is 0. The molecule has 10 atom stereocenters. The maximum Gasteiger partial charge on any atom is 0.323 e. The van der Waals surface area contributed by atoms with E-state index in [0.29, 0.717) is 11.0 Å². The molecule has 4 aromatic rings. The molecule has 27 nitrogen and oxygen atoms in total. The monoisotopic (exact) mass is 1110 g/mol. The van der Waals surface area contributed by atoms with Crippen molar-refractivity contribution in [3.05, 3.63) is 48.3 Å². The molecule has 0 aromatic carbocycles. The highest BCUT2D eigenvalue weighted by Gasteiger charge is 2.63. The molecular weight excluding hydrogens is 1030 g/mol. The molecule has 27 heteroatoms. The maximum absolute atomic E-state index is 12.8. The van der Waals surface area contributed by atoms with Gasteiger partial charge in [-0.25, -0.2) is 19.0 Å². The molecule has 2 saturated heterocycles.